The third kappa shape index (κ3) is 3.28. The molecule has 5 nitrogen and oxygen atoms in total. The van der Waals surface area contributed by atoms with E-state index < -0.39 is 0 Å². The number of likely N-dealkylation sites (tertiary alicyclic amines) is 1. The van der Waals surface area contributed by atoms with Crippen LogP contribution in [0.1, 0.15) is 6.42 Å². The van der Waals surface area contributed by atoms with E-state index in [4.69, 9.17) is 0 Å². The van der Waals surface area contributed by atoms with Crippen LogP contribution in [0.15, 0.2) is 72.8 Å². The standard InChI is InChI=1S/C27H22Br2N2O3/c28-24-19-13-20(25(24)29)23-22(19)26(33)30(27(23)34)14-21(32)31(17-8-2-1-3-9-17)18-11-10-15-6-4-5-7-16(15)12-18/h1-12,19-20,22-25H,13-14H2/t19-,20-,22-,23-,24+,25+/m1/s1. The first-order valence-corrected chi connectivity index (χ1v) is 13.3. The Hall–Kier alpha value is -2.51. The van der Waals surface area contributed by atoms with Crippen LogP contribution in [-0.2, 0) is 14.4 Å². The van der Waals surface area contributed by atoms with E-state index in [9.17, 15) is 14.4 Å². The molecular weight excluding hydrogens is 560 g/mol. The van der Waals surface area contributed by atoms with Crippen LogP contribution in [-0.4, -0.2) is 38.8 Å². The van der Waals surface area contributed by atoms with Crippen molar-refractivity contribution in [3.63, 3.8) is 0 Å². The summed E-state index contributed by atoms with van der Waals surface area (Å²) in [5.41, 5.74) is 1.40. The van der Waals surface area contributed by atoms with E-state index in [2.05, 4.69) is 31.9 Å². The predicted octanol–water partition coefficient (Wildman–Crippen LogP) is 5.28. The van der Waals surface area contributed by atoms with Crippen molar-refractivity contribution in [2.24, 2.45) is 23.7 Å². The number of carbonyl (C=O) groups is 3. The highest BCUT2D eigenvalue weighted by Crippen LogP contribution is 2.60. The summed E-state index contributed by atoms with van der Waals surface area (Å²) in [6.45, 7) is -0.258. The van der Waals surface area contributed by atoms with Crippen LogP contribution in [0, 0.1) is 23.7 Å². The molecule has 0 aromatic heterocycles. The normalized spacial score (nSPS) is 29.6. The van der Waals surface area contributed by atoms with Crippen LogP contribution in [0.5, 0.6) is 0 Å². The van der Waals surface area contributed by atoms with Gasteiger partial charge in [0.05, 0.1) is 11.8 Å². The minimum atomic E-state index is -0.325. The van der Waals surface area contributed by atoms with Gasteiger partial charge in [-0.1, -0.05) is 80.4 Å². The Labute approximate surface area is 214 Å². The third-order valence-corrected chi connectivity index (χ3v) is 10.8. The summed E-state index contributed by atoms with van der Waals surface area (Å²) < 4.78 is 0. The minimum absolute atomic E-state index is 0.127. The van der Waals surface area contributed by atoms with Crippen molar-refractivity contribution in [2.45, 2.75) is 16.1 Å². The second-order valence-electron chi connectivity index (χ2n) is 9.36. The van der Waals surface area contributed by atoms with Crippen LogP contribution in [0.25, 0.3) is 10.8 Å². The van der Waals surface area contributed by atoms with Gasteiger partial charge in [-0.15, -0.1) is 0 Å². The van der Waals surface area contributed by atoms with Gasteiger partial charge < -0.3 is 0 Å². The van der Waals surface area contributed by atoms with E-state index in [1.165, 1.54) is 4.90 Å². The van der Waals surface area contributed by atoms with Crippen molar-refractivity contribution in [1.29, 1.82) is 0 Å². The van der Waals surface area contributed by atoms with Gasteiger partial charge in [0.2, 0.25) is 11.8 Å². The quantitative estimate of drug-likeness (QED) is 0.311. The van der Waals surface area contributed by atoms with Gasteiger partial charge >= 0.3 is 0 Å². The molecular formula is C27H22Br2N2O3. The van der Waals surface area contributed by atoms with Gasteiger partial charge in [-0.25, -0.2) is 0 Å². The minimum Gasteiger partial charge on any atom is -0.280 e. The molecule has 0 unspecified atom stereocenters. The number of para-hydroxylation sites is 1. The zero-order valence-corrected chi connectivity index (χ0v) is 21.4. The lowest BCUT2D eigenvalue weighted by Gasteiger charge is -2.28. The number of hydrogen-bond acceptors (Lipinski definition) is 3. The molecule has 2 saturated carbocycles. The number of nitrogens with zero attached hydrogens (tertiary/aromatic N) is 2. The first kappa shape index (κ1) is 22.0. The Morgan fingerprint density at radius 1 is 0.794 bits per heavy atom. The third-order valence-electron chi connectivity index (χ3n) is 7.63. The number of fused-ring (bicyclic) bond motifs is 6. The molecule has 3 fully saturated rings. The zero-order chi connectivity index (χ0) is 23.6. The van der Waals surface area contributed by atoms with E-state index >= 15 is 0 Å². The molecule has 0 radical (unpaired) electrons. The van der Waals surface area contributed by atoms with Crippen molar-refractivity contribution in [3.8, 4) is 0 Å². The van der Waals surface area contributed by atoms with Crippen LogP contribution >= 0.6 is 31.9 Å². The Balaban J connectivity index is 1.33. The summed E-state index contributed by atoms with van der Waals surface area (Å²) in [4.78, 5) is 43.6. The highest BCUT2D eigenvalue weighted by atomic mass is 79.9. The molecule has 1 heterocycles. The Kier molecular flexibility index (Phi) is 5.37. The summed E-state index contributed by atoms with van der Waals surface area (Å²) in [6, 6.07) is 23.2. The molecule has 6 rings (SSSR count). The number of anilines is 2. The molecule has 1 saturated heterocycles. The number of imide groups is 1. The number of carbonyl (C=O) groups excluding carboxylic acids is 3. The predicted molar refractivity (Wildman–Crippen MR) is 138 cm³/mol. The molecule has 6 atom stereocenters. The van der Waals surface area contributed by atoms with Crippen molar-refractivity contribution >= 4 is 71.7 Å². The van der Waals surface area contributed by atoms with E-state index in [1.807, 2.05) is 72.8 Å². The van der Waals surface area contributed by atoms with Gasteiger partial charge in [-0.3, -0.25) is 24.2 Å². The number of hydrogen-bond donors (Lipinski definition) is 0. The molecule has 7 heteroatoms. The summed E-state index contributed by atoms with van der Waals surface area (Å²) in [5, 5.41) is 2.09. The smallest absolute Gasteiger partial charge is 0.251 e. The van der Waals surface area contributed by atoms with Gasteiger partial charge in [0.25, 0.3) is 5.91 Å². The maximum absolute atomic E-state index is 13.7. The fourth-order valence-electron chi connectivity index (χ4n) is 6.10. The van der Waals surface area contributed by atoms with Gasteiger partial charge in [0, 0.05) is 21.0 Å². The lowest BCUT2D eigenvalue weighted by atomic mass is 9.81. The lowest BCUT2D eigenvalue weighted by molar-refractivity contribution is -0.143. The topological polar surface area (TPSA) is 57.7 Å². The number of halogens is 2. The second kappa shape index (κ2) is 8.31. The summed E-state index contributed by atoms with van der Waals surface area (Å²) in [7, 11) is 0. The lowest BCUT2D eigenvalue weighted by Crippen LogP contribution is -2.42. The molecule has 0 spiro atoms. The highest BCUT2D eigenvalue weighted by Gasteiger charge is 2.66. The maximum atomic E-state index is 13.7. The average molecular weight is 582 g/mol. The van der Waals surface area contributed by atoms with Crippen LogP contribution < -0.4 is 4.90 Å². The Bertz CT molecular complexity index is 1280. The first-order chi connectivity index (χ1) is 16.5. The summed E-state index contributed by atoms with van der Waals surface area (Å²) in [6.07, 6.45) is 0.869. The molecule has 3 amide bonds. The fraction of sp³-hybridized carbons (Fsp3) is 0.296. The van der Waals surface area contributed by atoms with E-state index in [0.717, 1.165) is 17.2 Å². The summed E-state index contributed by atoms with van der Waals surface area (Å²) in [5.74, 6) is -1.11. The number of alkyl halides is 2. The van der Waals surface area contributed by atoms with E-state index in [1.54, 1.807) is 4.90 Å². The second-order valence-corrected chi connectivity index (χ2v) is 11.5. The van der Waals surface area contributed by atoms with Gasteiger partial charge in [0.1, 0.15) is 6.54 Å². The zero-order valence-electron chi connectivity index (χ0n) is 18.2. The molecule has 0 N–H and O–H groups in total. The molecule has 1 aliphatic heterocycles. The molecule has 3 aromatic carbocycles. The largest absolute Gasteiger partial charge is 0.280 e. The summed E-state index contributed by atoms with van der Waals surface area (Å²) >= 11 is 7.43. The molecule has 172 valence electrons. The molecule has 34 heavy (non-hydrogen) atoms. The Morgan fingerprint density at radius 2 is 1.38 bits per heavy atom. The molecule has 2 bridgehead atoms. The highest BCUT2D eigenvalue weighted by molar-refractivity contribution is 9.12. The van der Waals surface area contributed by atoms with Gasteiger partial charge in [-0.2, -0.15) is 0 Å². The van der Waals surface area contributed by atoms with Gasteiger partial charge in [-0.05, 0) is 53.3 Å². The van der Waals surface area contributed by atoms with Crippen LogP contribution in [0.2, 0.25) is 0 Å². The monoisotopic (exact) mass is 580 g/mol. The average Bonchev–Trinajstić information content (AvgIpc) is 3.46. The molecule has 2 aliphatic carbocycles. The molecule has 3 aliphatic rings. The number of benzene rings is 3. The number of amides is 3. The fourth-order valence-corrected chi connectivity index (χ4v) is 7.98. The number of rotatable bonds is 4. The Morgan fingerprint density at radius 3 is 2.03 bits per heavy atom. The first-order valence-electron chi connectivity index (χ1n) is 11.5. The van der Waals surface area contributed by atoms with E-state index in [-0.39, 0.29) is 57.6 Å². The molecule has 3 aromatic rings. The van der Waals surface area contributed by atoms with Crippen molar-refractivity contribution < 1.29 is 14.4 Å². The van der Waals surface area contributed by atoms with Crippen molar-refractivity contribution in [2.75, 3.05) is 11.4 Å². The van der Waals surface area contributed by atoms with Crippen LogP contribution in [0.4, 0.5) is 11.4 Å². The SMILES string of the molecule is O=C1[C@@H]2[C@H]3C[C@@H]([C@H](Br)[C@H]3Br)[C@H]2C(=O)N1CC(=O)N(c1ccccc1)c1ccc2ccccc2c1. The maximum Gasteiger partial charge on any atom is 0.251 e. The van der Waals surface area contributed by atoms with Crippen molar-refractivity contribution in [3.05, 3.63) is 72.8 Å². The van der Waals surface area contributed by atoms with Gasteiger partial charge in [0.15, 0.2) is 0 Å². The van der Waals surface area contributed by atoms with E-state index in [0.29, 0.717) is 11.4 Å². The van der Waals surface area contributed by atoms with Crippen molar-refractivity contribution in [1.82, 2.24) is 4.90 Å². The van der Waals surface area contributed by atoms with Crippen LogP contribution in [0.3, 0.4) is 0 Å².